The van der Waals surface area contributed by atoms with Gasteiger partial charge in [0.15, 0.2) is 43.2 Å². The minimum atomic E-state index is -6.16. The fourth-order valence-electron chi connectivity index (χ4n) is 9.92. The van der Waals surface area contributed by atoms with Gasteiger partial charge in [0.1, 0.15) is 146 Å². The normalized spacial score (nSPS) is 48.4. The molecule has 22 rings (SSSR count). The highest BCUT2D eigenvalue weighted by molar-refractivity contribution is 8.03. The van der Waals surface area contributed by atoms with Crippen molar-refractivity contribution in [3.63, 3.8) is 0 Å². The lowest BCUT2D eigenvalue weighted by Gasteiger charge is -2.51. The number of hydrogen-bond acceptors (Lipinski definition) is 36. The Balaban J connectivity index is 1.31. The summed E-state index contributed by atoms with van der Waals surface area (Å²) in [6, 6.07) is 0. The zero-order valence-corrected chi connectivity index (χ0v) is 44.1. The Kier molecular flexibility index (Phi) is 22.2. The van der Waals surface area contributed by atoms with Crippen molar-refractivity contribution in [2.24, 2.45) is 0 Å². The molecule has 22 fully saturated rings. The van der Waals surface area contributed by atoms with Gasteiger partial charge in [0.25, 0.3) is 10.1 Å². The molecule has 12 bridgehead atoms. The first-order chi connectivity index (χ1) is 37.8. The van der Waals surface area contributed by atoms with E-state index in [1.807, 2.05) is 0 Å². The van der Waals surface area contributed by atoms with Gasteiger partial charge in [-0.2, -0.15) is 25.3 Å². The Morgan fingerprint density at radius 3 is 0.741 bits per heavy atom. The summed E-state index contributed by atoms with van der Waals surface area (Å²) in [6.45, 7) is -6.76. The van der Waals surface area contributed by atoms with Crippen LogP contribution in [0.5, 0.6) is 0 Å². The molecule has 42 heteroatoms. The molecule has 22 saturated heterocycles. The van der Waals surface area contributed by atoms with Gasteiger partial charge in [-0.05, 0) is 6.92 Å². The lowest BCUT2D eigenvalue weighted by atomic mass is 9.94. The summed E-state index contributed by atoms with van der Waals surface area (Å²) in [5, 5.41) is 177. The van der Waals surface area contributed by atoms with E-state index in [0.717, 1.165) is 0 Å². The van der Waals surface area contributed by atoms with E-state index in [4.69, 9.17) is 66.3 Å². The van der Waals surface area contributed by atoms with Gasteiger partial charge in [0.05, 0.1) is 39.6 Å². The van der Waals surface area contributed by atoms with Crippen LogP contribution in [0.2, 0.25) is 0 Å². The summed E-state index contributed by atoms with van der Waals surface area (Å²) < 4.78 is 179. The van der Waals surface area contributed by atoms with E-state index in [1.54, 1.807) is 0 Å². The maximum Gasteiger partial charge on any atom is 0.311 e. The molecule has 22 heterocycles. The standard InChI is InChI=1S/C39H66O39S3/c1-8(79(56,57)58)65-31-23(54)37-70-13(6-44)29(31)77-38-24(55)32(78-39(80(59,60)61)81(62,63)64)30(14(7-45)71-38)76-36-22(53)18(49)27(11(4-42)69-36)74-34-20(51)16(47)25(9(2-40)67-34)72-33-19(50)15(46)26(10(3-41)66-33)73-35-21(52)17(48)28(75-37)12(5-43)68-35/h8-55H,2-7H2,1H3,(H,56,57,58)(H,59,60,61)(H,62,63,64)/t8?,9-,10-,11-,12-,13-,14-,15-,16-,17-,18-,19-,20-,21-,22-,23-,24-,25-,26-,27-,28-,29+,30+,31-,32-,33-,34-,35-,36-,37-,38-/m1/s1. The second-order valence-corrected chi connectivity index (χ2v) is 24.4. The molecular weight excluding hydrogens is 1190 g/mol. The Labute approximate surface area is 457 Å². The molecule has 0 radical (unpaired) electrons. The SMILES string of the molecule is CC(O[C@@H]1[C@@H](O)[C@H]2O[C@H]3[C@H](O)[C@@H](O)[C@@H](O[C@H]4[C@H](O)[C@@H](O)[C@@H](O[C@H]5[C@H](O)[C@@H](O)[C@@H](O[C@H]6[C@H](O)[C@@H](O)[C@@H](O[C@@H]7[C@H](OC(S(=O)(=O)O)S(=O)(=O)O)[C@@H](O)[C@@H](O[C@H]1[C@@H](CO)O2)O[C@@H]7CO)O[C@@H]6CO)O[C@@H]5CO)O[C@@H]4CO)O[C@@H]3CO)S(=O)(=O)O. The third-order valence-electron chi connectivity index (χ3n) is 14.1. The molecule has 0 spiro atoms. The molecule has 474 valence electrons. The predicted octanol–water partition coefficient (Wildman–Crippen LogP) is -13.7. The molecule has 1 unspecified atom stereocenters. The fraction of sp³-hybridized carbons (Fsp3) is 1.00. The first-order valence-corrected chi connectivity index (χ1v) is 28.9. The first-order valence-electron chi connectivity index (χ1n) is 24.4. The van der Waals surface area contributed by atoms with E-state index < -0.39 is 264 Å². The predicted molar refractivity (Wildman–Crippen MR) is 241 cm³/mol. The first kappa shape index (κ1) is 67.0. The molecule has 0 saturated carbocycles. The zero-order valence-electron chi connectivity index (χ0n) is 41.6. The Bertz CT molecular complexity index is 2340. The lowest BCUT2D eigenvalue weighted by molar-refractivity contribution is -0.406. The molecule has 81 heavy (non-hydrogen) atoms. The second-order valence-electron chi connectivity index (χ2n) is 19.5. The van der Waals surface area contributed by atoms with E-state index in [0.29, 0.717) is 6.92 Å². The third kappa shape index (κ3) is 14.1. The van der Waals surface area contributed by atoms with Crippen LogP contribution >= 0.6 is 0 Å². The molecule has 22 aliphatic rings. The third-order valence-corrected chi connectivity index (χ3v) is 17.7. The Morgan fingerprint density at radius 1 is 0.309 bits per heavy atom. The topological polar surface area (TPSA) is 616 Å². The average Bonchev–Trinajstić information content (AvgIpc) is 3.45. The van der Waals surface area contributed by atoms with Crippen LogP contribution in [0.3, 0.4) is 0 Å². The van der Waals surface area contributed by atoms with Crippen molar-refractivity contribution in [3.05, 3.63) is 0 Å². The van der Waals surface area contributed by atoms with Crippen LogP contribution in [-0.4, -0.2) is 355 Å². The van der Waals surface area contributed by atoms with Crippen molar-refractivity contribution in [3.8, 4) is 0 Å². The molecule has 31 atom stereocenters. The minimum Gasteiger partial charge on any atom is -0.394 e. The maximum atomic E-state index is 12.4. The van der Waals surface area contributed by atoms with Gasteiger partial charge in [-0.25, -0.2) is 0 Å². The van der Waals surface area contributed by atoms with E-state index in [9.17, 15) is 121 Å². The summed E-state index contributed by atoms with van der Waals surface area (Å²) in [5.41, 5.74) is -2.40. The number of aliphatic hydroxyl groups excluding tert-OH is 16. The summed E-state index contributed by atoms with van der Waals surface area (Å²) in [4.78, 5) is 0. The Morgan fingerprint density at radius 2 is 0.519 bits per heavy atom. The quantitative estimate of drug-likeness (QED) is 0.0762. The van der Waals surface area contributed by atoms with E-state index >= 15 is 0 Å². The molecule has 22 aliphatic heterocycles. The number of rotatable bonds is 13. The van der Waals surface area contributed by atoms with E-state index in [1.165, 1.54) is 0 Å². The molecule has 0 amide bonds. The van der Waals surface area contributed by atoms with Crippen LogP contribution in [0.1, 0.15) is 6.92 Å². The maximum absolute atomic E-state index is 12.4. The van der Waals surface area contributed by atoms with Crippen molar-refractivity contribution < 1.29 is 187 Å². The van der Waals surface area contributed by atoms with E-state index in [2.05, 4.69) is 0 Å². The van der Waals surface area contributed by atoms with Crippen LogP contribution in [0.25, 0.3) is 0 Å². The van der Waals surface area contributed by atoms with Gasteiger partial charge in [0.2, 0.25) is 0 Å². The van der Waals surface area contributed by atoms with Gasteiger partial charge in [-0.15, -0.1) is 0 Å². The van der Waals surface area contributed by atoms with Gasteiger partial charge >= 0.3 is 25.0 Å². The number of aliphatic hydroxyl groups is 16. The summed E-state index contributed by atoms with van der Waals surface area (Å²) in [7, 11) is -17.6. The summed E-state index contributed by atoms with van der Waals surface area (Å²) in [5.74, 6) is 0. The van der Waals surface area contributed by atoms with Crippen LogP contribution in [-0.2, 0) is 96.7 Å². The smallest absolute Gasteiger partial charge is 0.311 e. The lowest BCUT2D eigenvalue weighted by Crippen LogP contribution is -2.69. The van der Waals surface area contributed by atoms with Crippen molar-refractivity contribution in [2.75, 3.05) is 39.6 Å². The Hall–Kier alpha value is -1.47. The molecule has 0 aliphatic carbocycles. The average molecular weight is 1260 g/mol. The second kappa shape index (κ2) is 26.9. The van der Waals surface area contributed by atoms with Gasteiger partial charge < -0.3 is 148 Å². The summed E-state index contributed by atoms with van der Waals surface area (Å²) >= 11 is 0. The summed E-state index contributed by atoms with van der Waals surface area (Å²) in [6.07, 6.45) is -68.1. The highest BCUT2D eigenvalue weighted by Crippen LogP contribution is 2.40. The zero-order chi connectivity index (χ0) is 60.1. The van der Waals surface area contributed by atoms with Crippen LogP contribution in [0.15, 0.2) is 0 Å². The molecule has 39 nitrogen and oxygen atoms in total. The van der Waals surface area contributed by atoms with E-state index in [-0.39, 0.29) is 0 Å². The highest BCUT2D eigenvalue weighted by atomic mass is 32.3. The molecular formula is C39H66O39S3. The molecule has 0 aromatic carbocycles. The van der Waals surface area contributed by atoms with Crippen molar-refractivity contribution in [2.45, 2.75) is 201 Å². The fourth-order valence-corrected chi connectivity index (χ4v) is 12.0. The minimum absolute atomic E-state index is 0.684. The molecule has 19 N–H and O–H groups in total. The number of hydrogen-bond donors (Lipinski definition) is 19. The van der Waals surface area contributed by atoms with Gasteiger partial charge in [-0.1, -0.05) is 0 Å². The molecule has 0 aromatic heterocycles. The van der Waals surface area contributed by atoms with Crippen molar-refractivity contribution >= 4 is 30.4 Å². The molecule has 0 aromatic rings. The van der Waals surface area contributed by atoms with Crippen molar-refractivity contribution in [1.82, 2.24) is 0 Å². The van der Waals surface area contributed by atoms with Gasteiger partial charge in [-0.3, -0.25) is 13.7 Å². The monoisotopic (exact) mass is 1250 g/mol. The van der Waals surface area contributed by atoms with Crippen molar-refractivity contribution in [1.29, 1.82) is 0 Å². The highest BCUT2D eigenvalue weighted by Gasteiger charge is 2.60. The largest absolute Gasteiger partial charge is 0.394 e. The van der Waals surface area contributed by atoms with Crippen LogP contribution in [0, 0.1) is 0 Å². The number of ether oxygens (including phenoxy) is 14. The van der Waals surface area contributed by atoms with Gasteiger partial charge in [0, 0.05) is 0 Å². The van der Waals surface area contributed by atoms with Crippen LogP contribution in [0.4, 0.5) is 0 Å². The van der Waals surface area contributed by atoms with Crippen LogP contribution < -0.4 is 0 Å².